The van der Waals surface area contributed by atoms with Gasteiger partial charge in [0.05, 0.1) is 13.0 Å². The van der Waals surface area contributed by atoms with Gasteiger partial charge in [0.2, 0.25) is 5.91 Å². The highest BCUT2D eigenvalue weighted by atomic mass is 16.5. The first-order valence-electron chi connectivity index (χ1n) is 6.83. The number of nitrogens with one attached hydrogen (secondary N) is 2. The fourth-order valence-electron chi connectivity index (χ4n) is 2.32. The molecule has 0 bridgehead atoms. The smallest absolute Gasteiger partial charge is 0.224 e. The Morgan fingerprint density at radius 2 is 2.16 bits per heavy atom. The van der Waals surface area contributed by atoms with Crippen molar-refractivity contribution in [3.63, 3.8) is 0 Å². The minimum absolute atomic E-state index is 0.0391. The third-order valence-electron chi connectivity index (χ3n) is 3.66. The number of anilines is 1. The largest absolute Gasteiger partial charge is 0.382 e. The Balaban J connectivity index is 1.89. The number of likely N-dealkylation sites (N-methyl/N-ethyl adjacent to an activating group) is 1. The summed E-state index contributed by atoms with van der Waals surface area (Å²) in [5.74, 6) is 0.628. The van der Waals surface area contributed by atoms with E-state index in [0.717, 1.165) is 30.9 Å². The van der Waals surface area contributed by atoms with Gasteiger partial charge in [-0.25, -0.2) is 0 Å². The summed E-state index contributed by atoms with van der Waals surface area (Å²) in [5.41, 5.74) is 2.13. The summed E-state index contributed by atoms with van der Waals surface area (Å²) in [6, 6.07) is 8.47. The Kier molecular flexibility index (Phi) is 4.80. The summed E-state index contributed by atoms with van der Waals surface area (Å²) in [5, 5.41) is 6.13. The van der Waals surface area contributed by atoms with E-state index in [0.29, 0.717) is 18.4 Å². The monoisotopic (exact) mass is 262 g/mol. The van der Waals surface area contributed by atoms with E-state index < -0.39 is 0 Å². The number of carbonyl (C=O) groups is 1. The Morgan fingerprint density at radius 1 is 1.42 bits per heavy atom. The van der Waals surface area contributed by atoms with E-state index in [1.165, 1.54) is 0 Å². The molecule has 19 heavy (non-hydrogen) atoms. The zero-order chi connectivity index (χ0) is 13.7. The van der Waals surface area contributed by atoms with Gasteiger partial charge >= 0.3 is 0 Å². The number of carbonyl (C=O) groups excluding carboxylic acids is 1. The third-order valence-corrected chi connectivity index (χ3v) is 3.66. The average molecular weight is 262 g/mol. The Hall–Kier alpha value is -1.55. The zero-order valence-electron chi connectivity index (χ0n) is 11.6. The molecule has 4 heteroatoms. The van der Waals surface area contributed by atoms with E-state index in [4.69, 9.17) is 4.74 Å². The van der Waals surface area contributed by atoms with Crippen LogP contribution in [-0.4, -0.2) is 32.2 Å². The summed E-state index contributed by atoms with van der Waals surface area (Å²) < 4.78 is 5.41. The summed E-state index contributed by atoms with van der Waals surface area (Å²) in [6.45, 7) is 3.92. The number of benzene rings is 1. The molecular weight excluding hydrogens is 240 g/mol. The molecule has 0 saturated carbocycles. The van der Waals surface area contributed by atoms with Gasteiger partial charge in [-0.15, -0.1) is 0 Å². The number of ether oxygens (including phenoxy) is 1. The van der Waals surface area contributed by atoms with Gasteiger partial charge in [0.25, 0.3) is 0 Å². The number of rotatable bonds is 5. The summed E-state index contributed by atoms with van der Waals surface area (Å²) in [6.07, 6.45) is 1.56. The molecule has 1 heterocycles. The molecule has 2 rings (SSSR count). The minimum Gasteiger partial charge on any atom is -0.382 e. The Morgan fingerprint density at radius 3 is 2.74 bits per heavy atom. The molecular formula is C15H22N2O2. The molecule has 0 aliphatic carbocycles. The second-order valence-corrected chi connectivity index (χ2v) is 5.10. The lowest BCUT2D eigenvalue weighted by atomic mass is 10.0. The standard InChI is InChI=1S/C15H22N2O2/c1-11(13-7-8-19-10-13)17-14-5-3-12(4-6-14)9-15(18)16-2/h3-6,11,13,17H,7-10H2,1-2H3,(H,16,18). The molecule has 1 aromatic rings. The van der Waals surface area contributed by atoms with Crippen molar-refractivity contribution in [2.75, 3.05) is 25.6 Å². The highest BCUT2D eigenvalue weighted by molar-refractivity contribution is 5.78. The SMILES string of the molecule is CNC(=O)Cc1ccc(NC(C)C2CCOC2)cc1. The number of hydrogen-bond acceptors (Lipinski definition) is 3. The van der Waals surface area contributed by atoms with Gasteiger partial charge in [-0.2, -0.15) is 0 Å². The van der Waals surface area contributed by atoms with Gasteiger partial charge < -0.3 is 15.4 Å². The van der Waals surface area contributed by atoms with Crippen molar-refractivity contribution in [1.29, 1.82) is 0 Å². The van der Waals surface area contributed by atoms with E-state index in [-0.39, 0.29) is 5.91 Å². The lowest BCUT2D eigenvalue weighted by Gasteiger charge is -2.20. The van der Waals surface area contributed by atoms with E-state index >= 15 is 0 Å². The van der Waals surface area contributed by atoms with Crippen molar-refractivity contribution < 1.29 is 9.53 Å². The van der Waals surface area contributed by atoms with Crippen LogP contribution in [0.25, 0.3) is 0 Å². The maximum absolute atomic E-state index is 11.3. The van der Waals surface area contributed by atoms with Crippen LogP contribution in [0.1, 0.15) is 18.9 Å². The molecule has 4 nitrogen and oxygen atoms in total. The van der Waals surface area contributed by atoms with E-state index in [1.54, 1.807) is 7.05 Å². The summed E-state index contributed by atoms with van der Waals surface area (Å²) in [4.78, 5) is 11.3. The lowest BCUT2D eigenvalue weighted by molar-refractivity contribution is -0.119. The van der Waals surface area contributed by atoms with E-state index in [9.17, 15) is 4.79 Å². The van der Waals surface area contributed by atoms with E-state index in [1.807, 2.05) is 24.3 Å². The van der Waals surface area contributed by atoms with Crippen molar-refractivity contribution in [2.24, 2.45) is 5.92 Å². The first-order chi connectivity index (χ1) is 9.19. The zero-order valence-corrected chi connectivity index (χ0v) is 11.6. The van der Waals surface area contributed by atoms with Crippen LogP contribution in [0.15, 0.2) is 24.3 Å². The number of hydrogen-bond donors (Lipinski definition) is 2. The van der Waals surface area contributed by atoms with Gasteiger partial charge in [-0.3, -0.25) is 4.79 Å². The molecule has 1 amide bonds. The van der Waals surface area contributed by atoms with Gasteiger partial charge in [0.1, 0.15) is 0 Å². The van der Waals surface area contributed by atoms with Crippen molar-refractivity contribution in [3.8, 4) is 0 Å². The van der Waals surface area contributed by atoms with Crippen molar-refractivity contribution in [3.05, 3.63) is 29.8 Å². The molecule has 104 valence electrons. The second-order valence-electron chi connectivity index (χ2n) is 5.10. The predicted octanol–water partition coefficient (Wildman–Crippen LogP) is 1.81. The lowest BCUT2D eigenvalue weighted by Crippen LogP contribution is -2.26. The fourth-order valence-corrected chi connectivity index (χ4v) is 2.32. The first kappa shape index (κ1) is 13.9. The van der Waals surface area contributed by atoms with Crippen molar-refractivity contribution in [1.82, 2.24) is 5.32 Å². The maximum atomic E-state index is 11.3. The molecule has 2 unspecified atom stereocenters. The first-order valence-corrected chi connectivity index (χ1v) is 6.83. The summed E-state index contributed by atoms with van der Waals surface area (Å²) >= 11 is 0. The van der Waals surface area contributed by atoms with Crippen molar-refractivity contribution in [2.45, 2.75) is 25.8 Å². The van der Waals surface area contributed by atoms with Crippen LogP contribution >= 0.6 is 0 Å². The average Bonchev–Trinajstić information content (AvgIpc) is 2.95. The van der Waals surface area contributed by atoms with E-state index in [2.05, 4.69) is 17.6 Å². The molecule has 0 radical (unpaired) electrons. The molecule has 1 saturated heterocycles. The molecule has 2 atom stereocenters. The van der Waals surface area contributed by atoms with Gasteiger partial charge in [-0.05, 0) is 31.0 Å². The highest BCUT2D eigenvalue weighted by Crippen LogP contribution is 2.20. The fraction of sp³-hybridized carbons (Fsp3) is 0.533. The second kappa shape index (κ2) is 6.57. The molecule has 2 N–H and O–H groups in total. The molecule has 0 spiro atoms. The minimum atomic E-state index is 0.0391. The maximum Gasteiger partial charge on any atom is 0.224 e. The molecule has 1 aliphatic rings. The quantitative estimate of drug-likeness (QED) is 0.851. The van der Waals surface area contributed by atoms with Gasteiger partial charge in [-0.1, -0.05) is 12.1 Å². The number of amides is 1. The molecule has 1 aliphatic heterocycles. The van der Waals surface area contributed by atoms with Crippen LogP contribution in [0.5, 0.6) is 0 Å². The van der Waals surface area contributed by atoms with Gasteiger partial charge in [0, 0.05) is 31.3 Å². The predicted molar refractivity (Wildman–Crippen MR) is 76.2 cm³/mol. The normalized spacial score (nSPS) is 20.0. The molecule has 0 aromatic heterocycles. The topological polar surface area (TPSA) is 50.4 Å². The van der Waals surface area contributed by atoms with Crippen LogP contribution in [0, 0.1) is 5.92 Å². The third kappa shape index (κ3) is 3.96. The Bertz CT molecular complexity index is 411. The van der Waals surface area contributed by atoms with Crippen LogP contribution < -0.4 is 10.6 Å². The Labute approximate surface area is 114 Å². The molecule has 1 aromatic carbocycles. The highest BCUT2D eigenvalue weighted by Gasteiger charge is 2.21. The van der Waals surface area contributed by atoms with Crippen molar-refractivity contribution >= 4 is 11.6 Å². The van der Waals surface area contributed by atoms with Crippen LogP contribution in [0.2, 0.25) is 0 Å². The van der Waals surface area contributed by atoms with Crippen LogP contribution in [0.3, 0.4) is 0 Å². The van der Waals surface area contributed by atoms with Crippen LogP contribution in [0.4, 0.5) is 5.69 Å². The van der Waals surface area contributed by atoms with Gasteiger partial charge in [0.15, 0.2) is 0 Å². The summed E-state index contributed by atoms with van der Waals surface area (Å²) in [7, 11) is 1.66. The van der Waals surface area contributed by atoms with Crippen LogP contribution in [-0.2, 0) is 16.0 Å². The molecule has 1 fully saturated rings.